The maximum Gasteiger partial charge on any atom is 0.230 e. The third-order valence-corrected chi connectivity index (χ3v) is 4.34. The predicted molar refractivity (Wildman–Crippen MR) is 82.7 cm³/mol. The summed E-state index contributed by atoms with van der Waals surface area (Å²) >= 11 is 0. The van der Waals surface area contributed by atoms with Crippen LogP contribution in [0.2, 0.25) is 0 Å². The van der Waals surface area contributed by atoms with Gasteiger partial charge in [0, 0.05) is 12.6 Å². The Morgan fingerprint density at radius 3 is 2.50 bits per heavy atom. The minimum atomic E-state index is -0.298. The minimum absolute atomic E-state index is 0.200. The number of hydrogen-bond acceptors (Lipinski definition) is 2. The lowest BCUT2D eigenvalue weighted by Gasteiger charge is -2.29. The average Bonchev–Trinajstić information content (AvgIpc) is 2.97. The standard InChI is InChI=1S/C17H26N2O/c1-3-18-14(2)13-19-16(20)17(11-7-8-12-17)15-9-5-4-6-10-15/h4-6,9-10,14,18H,3,7-8,11-13H2,1-2H3,(H,19,20)/t14-/m1/s1. The highest BCUT2D eigenvalue weighted by atomic mass is 16.2. The van der Waals surface area contributed by atoms with Crippen LogP contribution >= 0.6 is 0 Å². The second-order valence-electron chi connectivity index (χ2n) is 5.82. The van der Waals surface area contributed by atoms with Crippen LogP contribution in [0.5, 0.6) is 0 Å². The lowest BCUT2D eigenvalue weighted by Crippen LogP contribution is -2.47. The molecule has 1 fully saturated rings. The Hall–Kier alpha value is -1.35. The first-order valence-corrected chi connectivity index (χ1v) is 7.76. The van der Waals surface area contributed by atoms with E-state index in [4.69, 9.17) is 0 Å². The summed E-state index contributed by atoms with van der Waals surface area (Å²) in [5, 5.41) is 6.48. The summed E-state index contributed by atoms with van der Waals surface area (Å²) in [7, 11) is 0. The highest BCUT2D eigenvalue weighted by Gasteiger charge is 2.42. The summed E-state index contributed by atoms with van der Waals surface area (Å²) in [5.41, 5.74) is 0.874. The van der Waals surface area contributed by atoms with Gasteiger partial charge < -0.3 is 10.6 Å². The number of nitrogens with one attached hydrogen (secondary N) is 2. The van der Waals surface area contributed by atoms with Gasteiger partial charge in [-0.25, -0.2) is 0 Å². The first kappa shape index (κ1) is 15.0. The lowest BCUT2D eigenvalue weighted by atomic mass is 9.78. The number of carbonyl (C=O) groups excluding carboxylic acids is 1. The fraction of sp³-hybridized carbons (Fsp3) is 0.588. The van der Waals surface area contributed by atoms with Gasteiger partial charge in [0.15, 0.2) is 0 Å². The summed E-state index contributed by atoms with van der Waals surface area (Å²) in [6, 6.07) is 10.6. The first-order chi connectivity index (χ1) is 9.69. The van der Waals surface area contributed by atoms with Crippen molar-refractivity contribution in [2.24, 2.45) is 0 Å². The van der Waals surface area contributed by atoms with E-state index >= 15 is 0 Å². The van der Waals surface area contributed by atoms with E-state index in [1.807, 2.05) is 18.2 Å². The molecule has 1 atom stereocenters. The van der Waals surface area contributed by atoms with Crippen LogP contribution in [0.1, 0.15) is 45.1 Å². The lowest BCUT2D eigenvalue weighted by molar-refractivity contribution is -0.126. The van der Waals surface area contributed by atoms with Crippen molar-refractivity contribution in [3.63, 3.8) is 0 Å². The van der Waals surface area contributed by atoms with Gasteiger partial charge in [-0.2, -0.15) is 0 Å². The van der Waals surface area contributed by atoms with Crippen LogP contribution in [0.4, 0.5) is 0 Å². The molecule has 3 heteroatoms. The molecule has 1 aromatic rings. The molecule has 1 saturated carbocycles. The van der Waals surface area contributed by atoms with Gasteiger partial charge >= 0.3 is 0 Å². The Morgan fingerprint density at radius 1 is 1.25 bits per heavy atom. The van der Waals surface area contributed by atoms with Gasteiger partial charge in [0.25, 0.3) is 0 Å². The maximum absolute atomic E-state index is 12.7. The summed E-state index contributed by atoms with van der Waals surface area (Å²) < 4.78 is 0. The molecular weight excluding hydrogens is 248 g/mol. The molecule has 0 bridgehead atoms. The molecule has 1 aliphatic carbocycles. The van der Waals surface area contributed by atoms with Crippen LogP contribution in [-0.4, -0.2) is 25.0 Å². The molecule has 0 saturated heterocycles. The van der Waals surface area contributed by atoms with Gasteiger partial charge in [0.05, 0.1) is 5.41 Å². The minimum Gasteiger partial charge on any atom is -0.354 e. The molecule has 3 nitrogen and oxygen atoms in total. The molecule has 2 N–H and O–H groups in total. The van der Waals surface area contributed by atoms with E-state index in [0.29, 0.717) is 12.6 Å². The third-order valence-electron chi connectivity index (χ3n) is 4.34. The van der Waals surface area contributed by atoms with Crippen molar-refractivity contribution < 1.29 is 4.79 Å². The molecule has 0 aliphatic heterocycles. The summed E-state index contributed by atoms with van der Waals surface area (Å²) in [5.74, 6) is 0.200. The molecule has 20 heavy (non-hydrogen) atoms. The van der Waals surface area contributed by atoms with Crippen molar-refractivity contribution in [1.82, 2.24) is 10.6 Å². The van der Waals surface area contributed by atoms with Gasteiger partial charge in [-0.3, -0.25) is 4.79 Å². The van der Waals surface area contributed by atoms with Crippen LogP contribution in [0.15, 0.2) is 30.3 Å². The molecular formula is C17H26N2O. The third kappa shape index (κ3) is 3.21. The summed E-state index contributed by atoms with van der Waals surface area (Å²) in [6.07, 6.45) is 4.23. The summed E-state index contributed by atoms with van der Waals surface area (Å²) in [6.45, 7) is 5.82. The van der Waals surface area contributed by atoms with Gasteiger partial charge in [-0.05, 0) is 31.9 Å². The van der Waals surface area contributed by atoms with Gasteiger partial charge in [0.1, 0.15) is 0 Å². The molecule has 2 rings (SSSR count). The maximum atomic E-state index is 12.7. The van der Waals surface area contributed by atoms with E-state index in [9.17, 15) is 4.79 Å². The van der Waals surface area contributed by atoms with Crippen molar-refractivity contribution in [2.45, 2.75) is 51.0 Å². The fourth-order valence-electron chi connectivity index (χ4n) is 3.22. The van der Waals surface area contributed by atoms with Crippen molar-refractivity contribution in [3.8, 4) is 0 Å². The molecule has 0 aromatic heterocycles. The molecule has 0 unspecified atom stereocenters. The van der Waals surface area contributed by atoms with E-state index in [0.717, 1.165) is 32.2 Å². The van der Waals surface area contributed by atoms with Crippen LogP contribution in [-0.2, 0) is 10.2 Å². The number of carbonyl (C=O) groups is 1. The second kappa shape index (κ2) is 6.89. The topological polar surface area (TPSA) is 41.1 Å². The molecule has 1 amide bonds. The monoisotopic (exact) mass is 274 g/mol. The zero-order valence-electron chi connectivity index (χ0n) is 12.6. The fourth-order valence-corrected chi connectivity index (χ4v) is 3.22. The van der Waals surface area contributed by atoms with Crippen LogP contribution in [0.3, 0.4) is 0 Å². The van der Waals surface area contributed by atoms with E-state index in [-0.39, 0.29) is 11.3 Å². The summed E-state index contributed by atoms with van der Waals surface area (Å²) in [4.78, 5) is 12.7. The van der Waals surface area contributed by atoms with Crippen molar-refractivity contribution in [2.75, 3.05) is 13.1 Å². The Bertz CT molecular complexity index is 424. The van der Waals surface area contributed by atoms with Gasteiger partial charge in [0.2, 0.25) is 5.91 Å². The van der Waals surface area contributed by atoms with E-state index in [1.165, 1.54) is 5.56 Å². The molecule has 0 radical (unpaired) electrons. The van der Waals surface area contributed by atoms with Crippen molar-refractivity contribution >= 4 is 5.91 Å². The Morgan fingerprint density at radius 2 is 1.90 bits per heavy atom. The SMILES string of the molecule is CCN[C@H](C)CNC(=O)C1(c2ccccc2)CCCC1. The van der Waals surface area contributed by atoms with Gasteiger partial charge in [-0.15, -0.1) is 0 Å². The highest BCUT2D eigenvalue weighted by molar-refractivity contribution is 5.88. The number of rotatable bonds is 6. The Labute approximate surface area is 122 Å². The molecule has 0 spiro atoms. The van der Waals surface area contributed by atoms with Crippen molar-refractivity contribution in [3.05, 3.63) is 35.9 Å². The average molecular weight is 274 g/mol. The molecule has 0 heterocycles. The normalized spacial score (nSPS) is 18.7. The zero-order valence-corrected chi connectivity index (χ0v) is 12.6. The quantitative estimate of drug-likeness (QED) is 0.837. The number of benzene rings is 1. The Balaban J connectivity index is 2.07. The predicted octanol–water partition coefficient (Wildman–Crippen LogP) is 2.61. The largest absolute Gasteiger partial charge is 0.354 e. The van der Waals surface area contributed by atoms with Crippen molar-refractivity contribution in [1.29, 1.82) is 0 Å². The number of amides is 1. The van der Waals surface area contributed by atoms with E-state index in [1.54, 1.807) is 0 Å². The molecule has 1 aliphatic rings. The second-order valence-corrected chi connectivity index (χ2v) is 5.82. The van der Waals surface area contributed by atoms with E-state index < -0.39 is 0 Å². The van der Waals surface area contributed by atoms with Crippen LogP contribution in [0.25, 0.3) is 0 Å². The first-order valence-electron chi connectivity index (χ1n) is 7.76. The highest BCUT2D eigenvalue weighted by Crippen LogP contribution is 2.41. The number of hydrogen-bond donors (Lipinski definition) is 2. The van der Waals surface area contributed by atoms with Crippen LogP contribution in [0, 0.1) is 0 Å². The zero-order chi connectivity index (χ0) is 14.4. The van der Waals surface area contributed by atoms with E-state index in [2.05, 4.69) is 36.6 Å². The molecule has 110 valence electrons. The van der Waals surface area contributed by atoms with Gasteiger partial charge in [-0.1, -0.05) is 50.1 Å². The Kier molecular flexibility index (Phi) is 5.18. The number of likely N-dealkylation sites (N-methyl/N-ethyl adjacent to an activating group) is 1. The van der Waals surface area contributed by atoms with Crippen LogP contribution < -0.4 is 10.6 Å². The molecule has 1 aromatic carbocycles. The smallest absolute Gasteiger partial charge is 0.230 e.